The van der Waals surface area contributed by atoms with Gasteiger partial charge in [-0.2, -0.15) is 14.7 Å². The van der Waals surface area contributed by atoms with Crippen molar-refractivity contribution in [3.8, 4) is 17.1 Å². The Labute approximate surface area is 156 Å². The zero-order chi connectivity index (χ0) is 18.2. The fourth-order valence-corrected chi connectivity index (χ4v) is 3.28. The number of anilines is 1. The molecular formula is C19H19N7O. The summed E-state index contributed by atoms with van der Waals surface area (Å²) in [5, 5.41) is 9.23. The second kappa shape index (κ2) is 6.48. The predicted molar refractivity (Wildman–Crippen MR) is 101 cm³/mol. The molecule has 4 aromatic rings. The van der Waals surface area contributed by atoms with Gasteiger partial charge in [0.2, 0.25) is 0 Å². The van der Waals surface area contributed by atoms with E-state index < -0.39 is 0 Å². The minimum Gasteiger partial charge on any atom is -0.378 e. The van der Waals surface area contributed by atoms with E-state index in [4.69, 9.17) is 14.8 Å². The number of aryl methyl sites for hydroxylation is 1. The Morgan fingerprint density at radius 1 is 1.07 bits per heavy atom. The molecule has 0 aliphatic carbocycles. The summed E-state index contributed by atoms with van der Waals surface area (Å²) >= 11 is 0. The lowest BCUT2D eigenvalue weighted by atomic mass is 10.2. The van der Waals surface area contributed by atoms with Gasteiger partial charge in [-0.15, -0.1) is 0 Å². The van der Waals surface area contributed by atoms with Crippen molar-refractivity contribution in [3.63, 3.8) is 0 Å². The van der Waals surface area contributed by atoms with Crippen molar-refractivity contribution >= 4 is 11.5 Å². The van der Waals surface area contributed by atoms with Crippen LogP contribution in [0.3, 0.4) is 0 Å². The number of hydrogen-bond donors (Lipinski definition) is 0. The number of aromatic nitrogens is 6. The molecular weight excluding hydrogens is 342 g/mol. The minimum absolute atomic E-state index is 0.707. The van der Waals surface area contributed by atoms with Crippen molar-refractivity contribution in [2.45, 2.75) is 6.92 Å². The zero-order valence-electron chi connectivity index (χ0n) is 15.0. The van der Waals surface area contributed by atoms with Crippen LogP contribution >= 0.6 is 0 Å². The van der Waals surface area contributed by atoms with Gasteiger partial charge in [0.1, 0.15) is 5.82 Å². The molecule has 0 atom stereocenters. The highest BCUT2D eigenvalue weighted by Crippen LogP contribution is 2.25. The van der Waals surface area contributed by atoms with Crippen molar-refractivity contribution in [2.75, 3.05) is 31.2 Å². The molecule has 0 N–H and O–H groups in total. The molecule has 0 unspecified atom stereocenters. The average molecular weight is 361 g/mol. The Hall–Kier alpha value is -3.26. The van der Waals surface area contributed by atoms with Gasteiger partial charge in [0.05, 0.1) is 25.1 Å². The quantitative estimate of drug-likeness (QED) is 0.557. The van der Waals surface area contributed by atoms with Crippen LogP contribution in [0.15, 0.2) is 49.1 Å². The summed E-state index contributed by atoms with van der Waals surface area (Å²) in [4.78, 5) is 11.2. The van der Waals surface area contributed by atoms with Crippen LogP contribution in [0.25, 0.3) is 22.7 Å². The van der Waals surface area contributed by atoms with Crippen molar-refractivity contribution in [3.05, 3.63) is 54.6 Å². The summed E-state index contributed by atoms with van der Waals surface area (Å²) in [6.07, 6.45) is 7.35. The second-order valence-electron chi connectivity index (χ2n) is 6.57. The van der Waals surface area contributed by atoms with Crippen molar-refractivity contribution in [1.82, 2.24) is 29.4 Å². The van der Waals surface area contributed by atoms with Crippen LogP contribution in [-0.2, 0) is 4.74 Å². The first-order valence-electron chi connectivity index (χ1n) is 8.93. The van der Waals surface area contributed by atoms with Gasteiger partial charge >= 0.3 is 0 Å². The number of ether oxygens (including phenoxy) is 1. The lowest BCUT2D eigenvalue weighted by Gasteiger charge is -2.29. The summed E-state index contributed by atoms with van der Waals surface area (Å²) in [7, 11) is 0. The molecule has 1 aliphatic heterocycles. The summed E-state index contributed by atoms with van der Waals surface area (Å²) in [5.74, 6) is 1.77. The number of hydrogen-bond acceptors (Lipinski definition) is 6. The molecule has 0 bridgehead atoms. The maximum Gasteiger partial charge on any atom is 0.160 e. The molecule has 8 nitrogen and oxygen atoms in total. The third-order valence-electron chi connectivity index (χ3n) is 4.65. The van der Waals surface area contributed by atoms with Crippen LogP contribution in [0.5, 0.6) is 0 Å². The van der Waals surface area contributed by atoms with Crippen molar-refractivity contribution < 1.29 is 4.74 Å². The number of nitrogens with zero attached hydrogens (tertiary/aromatic N) is 7. The van der Waals surface area contributed by atoms with E-state index in [2.05, 4.69) is 15.0 Å². The molecule has 5 rings (SSSR count). The lowest BCUT2D eigenvalue weighted by molar-refractivity contribution is 0.122. The Kier molecular flexibility index (Phi) is 3.83. The number of morpholine rings is 1. The van der Waals surface area contributed by atoms with Gasteiger partial charge in [-0.25, -0.2) is 9.67 Å². The van der Waals surface area contributed by atoms with E-state index in [-0.39, 0.29) is 0 Å². The summed E-state index contributed by atoms with van der Waals surface area (Å²) in [6.45, 7) is 5.07. The molecule has 0 spiro atoms. The normalized spacial score (nSPS) is 14.8. The van der Waals surface area contributed by atoms with Crippen molar-refractivity contribution in [2.24, 2.45) is 0 Å². The Morgan fingerprint density at radius 3 is 2.63 bits per heavy atom. The second-order valence-corrected chi connectivity index (χ2v) is 6.57. The fraction of sp³-hybridized carbons (Fsp3) is 0.263. The van der Waals surface area contributed by atoms with Crippen LogP contribution in [0, 0.1) is 6.92 Å². The molecule has 4 aromatic heterocycles. The highest BCUT2D eigenvalue weighted by Gasteiger charge is 2.19. The number of pyridine rings is 1. The summed E-state index contributed by atoms with van der Waals surface area (Å²) in [6, 6.07) is 7.94. The molecule has 5 heterocycles. The Balaban J connectivity index is 1.69. The Morgan fingerprint density at radius 2 is 1.89 bits per heavy atom. The van der Waals surface area contributed by atoms with Crippen LogP contribution in [0.1, 0.15) is 5.56 Å². The molecule has 136 valence electrons. The lowest BCUT2D eigenvalue weighted by Crippen LogP contribution is -2.37. The van der Waals surface area contributed by atoms with Crippen LogP contribution in [-0.4, -0.2) is 55.7 Å². The first kappa shape index (κ1) is 16.0. The van der Waals surface area contributed by atoms with Gasteiger partial charge in [0.25, 0.3) is 0 Å². The highest BCUT2D eigenvalue weighted by atomic mass is 16.5. The standard InChI is InChI=1S/C19H19N7O/c1-14-12-21-25(13-14)17-11-19(24-6-8-27-9-7-24)26-18(22-17)10-16(23-26)15-2-4-20-5-3-15/h2-5,10-13H,6-9H2,1H3. The van der Waals surface area contributed by atoms with Gasteiger partial charge in [0.15, 0.2) is 11.5 Å². The largest absolute Gasteiger partial charge is 0.378 e. The molecule has 8 heteroatoms. The zero-order valence-corrected chi connectivity index (χ0v) is 15.0. The molecule has 0 radical (unpaired) electrons. The molecule has 0 saturated carbocycles. The highest BCUT2D eigenvalue weighted by molar-refractivity contribution is 5.66. The molecule has 27 heavy (non-hydrogen) atoms. The van der Waals surface area contributed by atoms with E-state index >= 15 is 0 Å². The minimum atomic E-state index is 0.707. The molecule has 1 aliphatic rings. The topological polar surface area (TPSA) is 73.4 Å². The van der Waals surface area contributed by atoms with Crippen LogP contribution < -0.4 is 4.90 Å². The molecule has 0 aromatic carbocycles. The predicted octanol–water partition coefficient (Wildman–Crippen LogP) is 2.12. The first-order valence-corrected chi connectivity index (χ1v) is 8.93. The van der Waals surface area contributed by atoms with Crippen LogP contribution in [0.4, 0.5) is 5.82 Å². The summed E-state index contributed by atoms with van der Waals surface area (Å²) < 4.78 is 9.22. The average Bonchev–Trinajstić information content (AvgIpc) is 3.35. The van der Waals surface area contributed by atoms with Crippen molar-refractivity contribution in [1.29, 1.82) is 0 Å². The first-order chi connectivity index (χ1) is 13.3. The molecule has 1 fully saturated rings. The number of fused-ring (bicyclic) bond motifs is 1. The van der Waals surface area contributed by atoms with Gasteiger partial charge in [-0.05, 0) is 24.6 Å². The van der Waals surface area contributed by atoms with E-state index in [9.17, 15) is 0 Å². The third kappa shape index (κ3) is 2.93. The van der Waals surface area contributed by atoms with Gasteiger partial charge in [-0.1, -0.05) is 0 Å². The SMILES string of the molecule is Cc1cnn(-c2cc(N3CCOCC3)n3nc(-c4ccncc4)cc3n2)c1. The monoisotopic (exact) mass is 361 g/mol. The van der Waals surface area contributed by atoms with Gasteiger partial charge < -0.3 is 9.64 Å². The van der Waals surface area contributed by atoms with E-state index in [1.807, 2.05) is 48.1 Å². The summed E-state index contributed by atoms with van der Waals surface area (Å²) in [5.41, 5.74) is 3.76. The maximum atomic E-state index is 5.51. The van der Waals surface area contributed by atoms with Crippen LogP contribution in [0.2, 0.25) is 0 Å². The van der Waals surface area contributed by atoms with Gasteiger partial charge in [0, 0.05) is 49.4 Å². The fourth-order valence-electron chi connectivity index (χ4n) is 3.28. The van der Waals surface area contributed by atoms with E-state index in [0.717, 1.165) is 47.2 Å². The van der Waals surface area contributed by atoms with E-state index in [1.165, 1.54) is 0 Å². The smallest absolute Gasteiger partial charge is 0.160 e. The van der Waals surface area contributed by atoms with Gasteiger partial charge in [-0.3, -0.25) is 4.98 Å². The third-order valence-corrected chi connectivity index (χ3v) is 4.65. The van der Waals surface area contributed by atoms with E-state index in [1.54, 1.807) is 17.1 Å². The molecule has 0 amide bonds. The maximum absolute atomic E-state index is 5.51. The number of rotatable bonds is 3. The Bertz CT molecular complexity index is 1080. The molecule has 1 saturated heterocycles. The van der Waals surface area contributed by atoms with E-state index in [0.29, 0.717) is 13.2 Å².